The molecule has 6 nitrogen and oxygen atoms in total. The quantitative estimate of drug-likeness (QED) is 0.524. The van der Waals surface area contributed by atoms with Crippen LogP contribution >= 0.6 is 11.6 Å². The maximum atomic E-state index is 13.6. The lowest BCUT2D eigenvalue weighted by Gasteiger charge is -2.10. The molecule has 10 heteroatoms. The lowest BCUT2D eigenvalue weighted by atomic mass is 10.1. The summed E-state index contributed by atoms with van der Waals surface area (Å²) < 4.78 is 47.1. The van der Waals surface area contributed by atoms with Crippen LogP contribution in [0, 0.1) is 0 Å². The number of amides is 1. The standard InChI is InChI=1S/C19H12ClF3N4O2/c20-16-15(18(28)25-9-12-4-1-2-6-24-12)26-17-13(19(21,22)23)8-11(10-27(16)17)14-5-3-7-29-14/h1-8,10H,9H2,(H,25,28). The van der Waals surface area contributed by atoms with Crippen LogP contribution in [-0.2, 0) is 12.7 Å². The van der Waals surface area contributed by atoms with E-state index >= 15 is 0 Å². The Morgan fingerprint density at radius 3 is 2.72 bits per heavy atom. The molecule has 4 heterocycles. The van der Waals surface area contributed by atoms with Crippen LogP contribution in [0.3, 0.4) is 0 Å². The Morgan fingerprint density at radius 2 is 2.07 bits per heavy atom. The second kappa shape index (κ2) is 7.25. The van der Waals surface area contributed by atoms with Crippen molar-refractivity contribution in [2.24, 2.45) is 0 Å². The summed E-state index contributed by atoms with van der Waals surface area (Å²) in [5.74, 6) is -0.486. The minimum atomic E-state index is -4.71. The number of halogens is 4. The van der Waals surface area contributed by atoms with Crippen LogP contribution in [0.4, 0.5) is 13.2 Å². The van der Waals surface area contributed by atoms with Crippen molar-refractivity contribution in [2.45, 2.75) is 12.7 Å². The van der Waals surface area contributed by atoms with Crippen LogP contribution in [-0.4, -0.2) is 20.3 Å². The van der Waals surface area contributed by atoms with Gasteiger partial charge in [0.1, 0.15) is 10.9 Å². The van der Waals surface area contributed by atoms with Gasteiger partial charge in [-0.05, 0) is 30.3 Å². The summed E-state index contributed by atoms with van der Waals surface area (Å²) in [7, 11) is 0. The summed E-state index contributed by atoms with van der Waals surface area (Å²) in [6.45, 7) is 0.0770. The van der Waals surface area contributed by atoms with E-state index in [1.165, 1.54) is 18.5 Å². The lowest BCUT2D eigenvalue weighted by molar-refractivity contribution is -0.136. The predicted molar refractivity (Wildman–Crippen MR) is 98.3 cm³/mol. The number of nitrogens with one attached hydrogen (secondary N) is 1. The third kappa shape index (κ3) is 3.68. The van der Waals surface area contributed by atoms with Gasteiger partial charge in [-0.15, -0.1) is 0 Å². The number of carbonyl (C=O) groups excluding carboxylic acids is 1. The van der Waals surface area contributed by atoms with Gasteiger partial charge >= 0.3 is 6.18 Å². The largest absolute Gasteiger partial charge is 0.464 e. The Balaban J connectivity index is 1.76. The van der Waals surface area contributed by atoms with E-state index in [4.69, 9.17) is 16.0 Å². The molecule has 1 N–H and O–H groups in total. The summed E-state index contributed by atoms with van der Waals surface area (Å²) in [6.07, 6.45) is -0.460. The SMILES string of the molecule is O=C(NCc1ccccn1)c1nc2c(C(F)(F)F)cc(-c3ccco3)cn2c1Cl. The topological polar surface area (TPSA) is 72.4 Å². The van der Waals surface area contributed by atoms with Crippen molar-refractivity contribution in [1.29, 1.82) is 0 Å². The summed E-state index contributed by atoms with van der Waals surface area (Å²) >= 11 is 6.22. The van der Waals surface area contributed by atoms with E-state index in [0.717, 1.165) is 10.5 Å². The number of carbonyl (C=O) groups is 1. The monoisotopic (exact) mass is 420 g/mol. The van der Waals surface area contributed by atoms with Gasteiger partial charge in [-0.1, -0.05) is 17.7 Å². The van der Waals surface area contributed by atoms with E-state index in [2.05, 4.69) is 15.3 Å². The Bertz CT molecular complexity index is 1170. The minimum Gasteiger partial charge on any atom is -0.464 e. The molecule has 4 aromatic rings. The Labute approximate surface area is 167 Å². The number of nitrogens with zero attached hydrogens (tertiary/aromatic N) is 3. The van der Waals surface area contributed by atoms with Gasteiger partial charge in [-0.25, -0.2) is 4.98 Å². The number of imidazole rings is 1. The molecule has 1 amide bonds. The van der Waals surface area contributed by atoms with E-state index in [1.54, 1.807) is 30.5 Å². The molecule has 0 aliphatic rings. The second-order valence-corrected chi connectivity index (χ2v) is 6.42. The zero-order valence-corrected chi connectivity index (χ0v) is 15.3. The number of hydrogen-bond donors (Lipinski definition) is 1. The van der Waals surface area contributed by atoms with Crippen LogP contribution in [0.5, 0.6) is 0 Å². The van der Waals surface area contributed by atoms with Crippen molar-refractivity contribution in [3.8, 4) is 11.3 Å². The maximum Gasteiger partial charge on any atom is 0.420 e. The third-order valence-corrected chi connectivity index (χ3v) is 4.51. The first-order chi connectivity index (χ1) is 13.8. The highest BCUT2D eigenvalue weighted by Gasteiger charge is 2.36. The van der Waals surface area contributed by atoms with Crippen LogP contribution in [0.15, 0.2) is 59.5 Å². The zero-order valence-electron chi connectivity index (χ0n) is 14.6. The number of pyridine rings is 2. The summed E-state index contributed by atoms with van der Waals surface area (Å²) in [6, 6.07) is 9.15. The molecule has 0 radical (unpaired) electrons. The highest BCUT2D eigenvalue weighted by atomic mass is 35.5. The molecule has 148 valence electrons. The second-order valence-electron chi connectivity index (χ2n) is 6.07. The first kappa shape index (κ1) is 19.0. The Kier molecular flexibility index (Phi) is 4.75. The van der Waals surface area contributed by atoms with E-state index in [-0.39, 0.29) is 28.7 Å². The molecule has 0 aromatic carbocycles. The molecule has 29 heavy (non-hydrogen) atoms. The molecule has 0 fully saturated rings. The molecule has 0 atom stereocenters. The Hall–Kier alpha value is -3.33. The van der Waals surface area contributed by atoms with Crippen molar-refractivity contribution in [1.82, 2.24) is 19.7 Å². The van der Waals surface area contributed by atoms with Crippen molar-refractivity contribution < 1.29 is 22.4 Å². The minimum absolute atomic E-state index is 0.0770. The van der Waals surface area contributed by atoms with E-state index in [9.17, 15) is 18.0 Å². The molecule has 0 spiro atoms. The fraction of sp³-hybridized carbons (Fsp3) is 0.105. The van der Waals surface area contributed by atoms with E-state index < -0.39 is 23.3 Å². The van der Waals surface area contributed by atoms with Crippen LogP contribution in [0.1, 0.15) is 21.7 Å². The van der Waals surface area contributed by atoms with Crippen LogP contribution in [0.2, 0.25) is 5.15 Å². The number of alkyl halides is 3. The fourth-order valence-electron chi connectivity index (χ4n) is 2.81. The van der Waals surface area contributed by atoms with Gasteiger partial charge in [0, 0.05) is 18.0 Å². The highest BCUT2D eigenvalue weighted by Crippen LogP contribution is 2.37. The van der Waals surface area contributed by atoms with Crippen molar-refractivity contribution >= 4 is 23.2 Å². The van der Waals surface area contributed by atoms with Gasteiger partial charge in [0.25, 0.3) is 5.91 Å². The molecule has 0 aliphatic heterocycles. The molecule has 4 rings (SSSR count). The maximum absolute atomic E-state index is 13.6. The van der Waals surface area contributed by atoms with E-state index in [1.807, 2.05) is 0 Å². The molecule has 0 aliphatic carbocycles. The van der Waals surface area contributed by atoms with Gasteiger partial charge in [0.05, 0.1) is 24.1 Å². The normalized spacial score (nSPS) is 11.7. The Morgan fingerprint density at radius 1 is 1.24 bits per heavy atom. The molecular weight excluding hydrogens is 409 g/mol. The third-order valence-electron chi connectivity index (χ3n) is 4.14. The summed E-state index contributed by atoms with van der Waals surface area (Å²) in [4.78, 5) is 20.4. The smallest absolute Gasteiger partial charge is 0.420 e. The summed E-state index contributed by atoms with van der Waals surface area (Å²) in [5, 5.41) is 2.32. The van der Waals surface area contributed by atoms with Crippen molar-refractivity contribution in [3.05, 3.63) is 77.2 Å². The van der Waals surface area contributed by atoms with Crippen molar-refractivity contribution in [3.63, 3.8) is 0 Å². The number of hydrogen-bond acceptors (Lipinski definition) is 4. The fourth-order valence-corrected chi connectivity index (χ4v) is 3.06. The summed E-state index contributed by atoms with van der Waals surface area (Å²) in [5.41, 5.74) is -1.09. The molecule has 0 unspecified atom stereocenters. The van der Waals surface area contributed by atoms with Gasteiger partial charge < -0.3 is 9.73 Å². The van der Waals surface area contributed by atoms with Gasteiger partial charge in [0.2, 0.25) is 0 Å². The van der Waals surface area contributed by atoms with Crippen LogP contribution in [0.25, 0.3) is 17.0 Å². The van der Waals surface area contributed by atoms with Gasteiger partial charge in [0.15, 0.2) is 11.3 Å². The first-order valence-electron chi connectivity index (χ1n) is 8.35. The van der Waals surface area contributed by atoms with Gasteiger partial charge in [-0.2, -0.15) is 13.2 Å². The van der Waals surface area contributed by atoms with Gasteiger partial charge in [-0.3, -0.25) is 14.2 Å². The lowest BCUT2D eigenvalue weighted by Crippen LogP contribution is -2.24. The molecule has 0 bridgehead atoms. The van der Waals surface area contributed by atoms with Crippen molar-refractivity contribution in [2.75, 3.05) is 0 Å². The molecule has 4 aromatic heterocycles. The van der Waals surface area contributed by atoms with Crippen LogP contribution < -0.4 is 5.32 Å². The molecule has 0 saturated carbocycles. The number of rotatable bonds is 4. The number of furan rings is 1. The molecular formula is C19H12ClF3N4O2. The average molecular weight is 421 g/mol. The number of aromatic nitrogens is 3. The zero-order chi connectivity index (χ0) is 20.6. The predicted octanol–water partition coefficient (Wildman–Crippen LogP) is 4.59. The highest BCUT2D eigenvalue weighted by molar-refractivity contribution is 6.33. The van der Waals surface area contributed by atoms with E-state index in [0.29, 0.717) is 5.69 Å². The average Bonchev–Trinajstić information content (AvgIpc) is 3.34. The number of fused-ring (bicyclic) bond motifs is 1. The molecule has 0 saturated heterocycles. The first-order valence-corrected chi connectivity index (χ1v) is 8.73.